The van der Waals surface area contributed by atoms with Crippen molar-refractivity contribution < 1.29 is 12.8 Å². The van der Waals surface area contributed by atoms with Crippen molar-refractivity contribution in [3.05, 3.63) is 58.0 Å². The minimum atomic E-state index is -3.37. The SMILES string of the molecule is O=S(=O)(Cc1ccc(F)cc1)NCCc1ccsc1. The fourth-order valence-electron chi connectivity index (χ4n) is 1.64. The highest BCUT2D eigenvalue weighted by Gasteiger charge is 2.10. The van der Waals surface area contributed by atoms with Crippen molar-refractivity contribution in [2.24, 2.45) is 0 Å². The Labute approximate surface area is 116 Å². The Hall–Kier alpha value is -1.24. The summed E-state index contributed by atoms with van der Waals surface area (Å²) < 4.78 is 38.9. The molecule has 0 aliphatic carbocycles. The van der Waals surface area contributed by atoms with E-state index in [1.54, 1.807) is 11.3 Å². The predicted molar refractivity (Wildman–Crippen MR) is 75.0 cm³/mol. The zero-order valence-corrected chi connectivity index (χ0v) is 11.8. The van der Waals surface area contributed by atoms with Gasteiger partial charge in [-0.15, -0.1) is 0 Å². The van der Waals surface area contributed by atoms with Gasteiger partial charge in [0.25, 0.3) is 0 Å². The van der Waals surface area contributed by atoms with Crippen LogP contribution in [0.25, 0.3) is 0 Å². The van der Waals surface area contributed by atoms with Gasteiger partial charge in [-0.1, -0.05) is 12.1 Å². The second-order valence-corrected chi connectivity index (χ2v) is 6.75. The molecule has 1 aromatic carbocycles. The number of hydrogen-bond acceptors (Lipinski definition) is 3. The van der Waals surface area contributed by atoms with Crippen LogP contribution in [0, 0.1) is 5.82 Å². The lowest BCUT2D eigenvalue weighted by Gasteiger charge is -2.06. The van der Waals surface area contributed by atoms with Gasteiger partial charge in [0.1, 0.15) is 5.82 Å². The van der Waals surface area contributed by atoms with Crippen LogP contribution >= 0.6 is 11.3 Å². The monoisotopic (exact) mass is 299 g/mol. The highest BCUT2D eigenvalue weighted by Crippen LogP contribution is 2.08. The van der Waals surface area contributed by atoms with Crippen LogP contribution in [0.5, 0.6) is 0 Å². The van der Waals surface area contributed by atoms with Crippen LogP contribution < -0.4 is 4.72 Å². The van der Waals surface area contributed by atoms with Gasteiger partial charge in [-0.25, -0.2) is 17.5 Å². The average molecular weight is 299 g/mol. The largest absolute Gasteiger partial charge is 0.215 e. The van der Waals surface area contributed by atoms with Crippen molar-refractivity contribution in [3.63, 3.8) is 0 Å². The standard InChI is InChI=1S/C13H14FNO2S2/c14-13-3-1-12(2-4-13)10-19(16,17)15-7-5-11-6-8-18-9-11/h1-4,6,8-9,15H,5,7,10H2. The summed E-state index contributed by atoms with van der Waals surface area (Å²) in [4.78, 5) is 0. The van der Waals surface area contributed by atoms with E-state index in [1.807, 2.05) is 16.8 Å². The molecule has 1 aromatic heterocycles. The fourth-order valence-corrected chi connectivity index (χ4v) is 3.49. The smallest absolute Gasteiger partial charge is 0.215 e. The van der Waals surface area contributed by atoms with Gasteiger partial charge in [-0.3, -0.25) is 0 Å². The maximum atomic E-state index is 12.7. The topological polar surface area (TPSA) is 46.2 Å². The number of benzene rings is 1. The molecule has 0 amide bonds. The summed E-state index contributed by atoms with van der Waals surface area (Å²) in [7, 11) is -3.37. The summed E-state index contributed by atoms with van der Waals surface area (Å²) in [5.74, 6) is -0.497. The first-order valence-electron chi connectivity index (χ1n) is 5.78. The normalized spacial score (nSPS) is 11.6. The first-order chi connectivity index (χ1) is 9.05. The molecule has 0 fully saturated rings. The van der Waals surface area contributed by atoms with Crippen molar-refractivity contribution in [1.29, 1.82) is 0 Å². The highest BCUT2D eigenvalue weighted by molar-refractivity contribution is 7.88. The fraction of sp³-hybridized carbons (Fsp3) is 0.231. The van der Waals surface area contributed by atoms with E-state index in [0.717, 1.165) is 5.56 Å². The lowest BCUT2D eigenvalue weighted by Crippen LogP contribution is -2.27. The zero-order chi connectivity index (χ0) is 13.7. The van der Waals surface area contributed by atoms with Crippen molar-refractivity contribution in [2.45, 2.75) is 12.2 Å². The molecule has 3 nitrogen and oxygen atoms in total. The molecule has 0 radical (unpaired) electrons. The molecule has 0 saturated carbocycles. The summed E-state index contributed by atoms with van der Waals surface area (Å²) >= 11 is 1.59. The van der Waals surface area contributed by atoms with Crippen LogP contribution in [0.4, 0.5) is 4.39 Å². The first-order valence-corrected chi connectivity index (χ1v) is 8.37. The summed E-state index contributed by atoms with van der Waals surface area (Å²) in [6.45, 7) is 0.375. The highest BCUT2D eigenvalue weighted by atomic mass is 32.2. The molecule has 6 heteroatoms. The molecule has 2 aromatic rings. The third-order valence-electron chi connectivity index (χ3n) is 2.59. The third kappa shape index (κ3) is 4.74. The van der Waals surface area contributed by atoms with Crippen molar-refractivity contribution in [3.8, 4) is 0 Å². The maximum Gasteiger partial charge on any atom is 0.215 e. The van der Waals surface area contributed by atoms with Crippen molar-refractivity contribution in [2.75, 3.05) is 6.54 Å². The molecule has 0 spiro atoms. The lowest BCUT2D eigenvalue weighted by molar-refractivity contribution is 0.580. The molecule has 0 unspecified atom stereocenters. The Kier molecular flexibility index (Phi) is 4.68. The summed E-state index contributed by atoms with van der Waals surface area (Å²) in [6.07, 6.45) is 0.673. The van der Waals surface area contributed by atoms with Crippen LogP contribution in [-0.2, 0) is 22.2 Å². The number of rotatable bonds is 6. The maximum absolute atomic E-state index is 12.7. The zero-order valence-electron chi connectivity index (χ0n) is 10.2. The number of halogens is 1. The van der Waals surface area contributed by atoms with E-state index in [0.29, 0.717) is 18.5 Å². The molecule has 0 bridgehead atoms. The van der Waals surface area contributed by atoms with E-state index in [-0.39, 0.29) is 11.6 Å². The van der Waals surface area contributed by atoms with E-state index in [9.17, 15) is 12.8 Å². The Morgan fingerprint density at radius 2 is 1.84 bits per heavy atom. The van der Waals surface area contributed by atoms with Gasteiger partial charge < -0.3 is 0 Å². The molecule has 1 N–H and O–H groups in total. The van der Waals surface area contributed by atoms with Gasteiger partial charge in [-0.2, -0.15) is 11.3 Å². The Morgan fingerprint density at radius 1 is 1.11 bits per heavy atom. The van der Waals surface area contributed by atoms with Gasteiger partial charge in [0.05, 0.1) is 5.75 Å². The summed E-state index contributed by atoms with van der Waals surface area (Å²) in [6, 6.07) is 7.45. The van der Waals surface area contributed by atoms with Crippen LogP contribution in [0.1, 0.15) is 11.1 Å². The predicted octanol–water partition coefficient (Wildman–Crippen LogP) is 2.55. The van der Waals surface area contributed by atoms with Crippen LogP contribution in [0.2, 0.25) is 0 Å². The average Bonchev–Trinajstić information content (AvgIpc) is 2.85. The Bertz CT molecular complexity index is 607. The summed E-state index contributed by atoms with van der Waals surface area (Å²) in [5.41, 5.74) is 1.69. The van der Waals surface area contributed by atoms with Crippen molar-refractivity contribution >= 4 is 21.4 Å². The number of sulfonamides is 1. The molecule has 0 aliphatic heterocycles. The van der Waals surface area contributed by atoms with Crippen LogP contribution in [-0.4, -0.2) is 15.0 Å². The van der Waals surface area contributed by atoms with Crippen LogP contribution in [0.3, 0.4) is 0 Å². The minimum Gasteiger partial charge on any atom is -0.215 e. The van der Waals surface area contributed by atoms with Gasteiger partial charge >= 0.3 is 0 Å². The number of nitrogens with one attached hydrogen (secondary N) is 1. The van der Waals surface area contributed by atoms with E-state index in [4.69, 9.17) is 0 Å². The van der Waals surface area contributed by atoms with Crippen molar-refractivity contribution in [1.82, 2.24) is 4.72 Å². The van der Waals surface area contributed by atoms with Gasteiger partial charge in [-0.05, 0) is 46.5 Å². The molecule has 0 atom stereocenters. The quantitative estimate of drug-likeness (QED) is 0.891. The minimum absolute atomic E-state index is 0.128. The molecular formula is C13H14FNO2S2. The van der Waals surface area contributed by atoms with Gasteiger partial charge in [0.2, 0.25) is 10.0 Å². The Balaban J connectivity index is 1.86. The first kappa shape index (κ1) is 14.2. The second-order valence-electron chi connectivity index (χ2n) is 4.16. The molecule has 102 valence electrons. The van der Waals surface area contributed by atoms with E-state index in [1.165, 1.54) is 24.3 Å². The molecule has 1 heterocycles. The summed E-state index contributed by atoms with van der Waals surface area (Å²) in [5, 5.41) is 3.95. The van der Waals surface area contributed by atoms with E-state index >= 15 is 0 Å². The number of hydrogen-bond donors (Lipinski definition) is 1. The van der Waals surface area contributed by atoms with Gasteiger partial charge in [0, 0.05) is 6.54 Å². The van der Waals surface area contributed by atoms with Gasteiger partial charge in [0.15, 0.2) is 0 Å². The number of thiophene rings is 1. The molecule has 2 rings (SSSR count). The molecule has 0 aliphatic rings. The van der Waals surface area contributed by atoms with Crippen LogP contribution in [0.15, 0.2) is 41.1 Å². The Morgan fingerprint density at radius 3 is 2.47 bits per heavy atom. The van der Waals surface area contributed by atoms with E-state index < -0.39 is 10.0 Å². The molecular weight excluding hydrogens is 285 g/mol. The molecule has 19 heavy (non-hydrogen) atoms. The van der Waals surface area contributed by atoms with E-state index in [2.05, 4.69) is 4.72 Å². The third-order valence-corrected chi connectivity index (χ3v) is 4.68. The lowest BCUT2D eigenvalue weighted by atomic mass is 10.2. The second kappa shape index (κ2) is 6.27. The molecule has 0 saturated heterocycles.